The van der Waals surface area contributed by atoms with Gasteiger partial charge >= 0.3 is 0 Å². The molecule has 0 spiro atoms. The average Bonchev–Trinajstić information content (AvgIpc) is 2.98. The van der Waals surface area contributed by atoms with Gasteiger partial charge in [-0.1, -0.05) is 36.4 Å². The number of amides is 2. The molecule has 3 aliphatic rings. The van der Waals surface area contributed by atoms with Crippen LogP contribution in [0.15, 0.2) is 46.6 Å². The lowest BCUT2D eigenvalue weighted by molar-refractivity contribution is -0.118. The molecule has 1 aromatic rings. The summed E-state index contributed by atoms with van der Waals surface area (Å²) in [5.74, 6) is 0.634. The van der Waals surface area contributed by atoms with E-state index in [-0.39, 0.29) is 22.3 Å². The van der Waals surface area contributed by atoms with Crippen molar-refractivity contribution < 1.29 is 24.2 Å². The van der Waals surface area contributed by atoms with Crippen LogP contribution in [-0.4, -0.2) is 46.4 Å². The summed E-state index contributed by atoms with van der Waals surface area (Å²) in [7, 11) is 0. The number of fused-ring (bicyclic) bond motifs is 1. The number of nitrogens with one attached hydrogen (secondary N) is 1. The Morgan fingerprint density at radius 3 is 2.56 bits per heavy atom. The first kappa shape index (κ1) is 23.1. The molecule has 2 heterocycles. The van der Waals surface area contributed by atoms with Crippen LogP contribution in [0, 0.1) is 5.92 Å². The molecular weight excluding hydrogens is 426 g/mol. The van der Waals surface area contributed by atoms with E-state index in [1.165, 1.54) is 16.7 Å². The van der Waals surface area contributed by atoms with Gasteiger partial charge in [0.25, 0.3) is 5.24 Å². The molecule has 32 heavy (non-hydrogen) atoms. The summed E-state index contributed by atoms with van der Waals surface area (Å²) >= 11 is 1.04. The summed E-state index contributed by atoms with van der Waals surface area (Å²) in [6, 6.07) is 7.65. The lowest BCUT2D eigenvalue weighted by Crippen LogP contribution is -2.35. The fraction of sp³-hybridized carbons (Fsp3) is 0.520. The third-order valence-corrected chi connectivity index (χ3v) is 8.02. The maximum atomic E-state index is 11.8. The van der Waals surface area contributed by atoms with Crippen LogP contribution >= 0.6 is 11.8 Å². The van der Waals surface area contributed by atoms with Gasteiger partial charge in [-0.2, -0.15) is 0 Å². The van der Waals surface area contributed by atoms with Crippen molar-refractivity contribution in [3.63, 3.8) is 0 Å². The van der Waals surface area contributed by atoms with E-state index in [0.717, 1.165) is 41.5 Å². The van der Waals surface area contributed by atoms with E-state index in [1.54, 1.807) is 0 Å². The molecule has 0 aromatic heterocycles. The zero-order chi connectivity index (χ0) is 23.0. The minimum Gasteiger partial charge on any atom is -0.491 e. The minimum atomic E-state index is -0.427. The van der Waals surface area contributed by atoms with Gasteiger partial charge in [-0.25, -0.2) is 0 Å². The molecule has 172 valence electrons. The molecule has 2 aliphatic heterocycles. The molecule has 4 rings (SSSR count). The maximum Gasteiger partial charge on any atom is 0.286 e. The van der Waals surface area contributed by atoms with Crippen LogP contribution in [0.25, 0.3) is 0 Å². The van der Waals surface area contributed by atoms with Gasteiger partial charge in [-0.05, 0) is 74.4 Å². The first-order valence-corrected chi connectivity index (χ1v) is 12.0. The zero-order valence-corrected chi connectivity index (χ0v) is 19.9. The van der Waals surface area contributed by atoms with Gasteiger partial charge in [0.15, 0.2) is 0 Å². The van der Waals surface area contributed by atoms with E-state index >= 15 is 0 Å². The second kappa shape index (κ2) is 9.04. The molecule has 2 N–H and O–H groups in total. The van der Waals surface area contributed by atoms with Crippen molar-refractivity contribution in [1.29, 1.82) is 0 Å². The molecule has 2 amide bonds. The number of rotatable bonds is 5. The monoisotopic (exact) mass is 457 g/mol. The first-order valence-electron chi connectivity index (χ1n) is 11.1. The summed E-state index contributed by atoms with van der Waals surface area (Å²) in [4.78, 5) is 23.1. The Labute approximate surface area is 193 Å². The van der Waals surface area contributed by atoms with Gasteiger partial charge in [-0.3, -0.25) is 14.9 Å². The summed E-state index contributed by atoms with van der Waals surface area (Å²) in [5.41, 5.74) is 5.32. The molecule has 6 nitrogen and oxygen atoms in total. The standard InChI is InChI=1S/C25H31NO5S/c1-14-15(2)22(27)16(3)19-9-10-25(4,31-12-20(14)19)13-30-18-7-5-17(6-8-18)11-21-23(28)26-24(29)32-21/h5-8,15,21-22,27H,9-13H2,1-4H3,(H,26,28,29). The number of aliphatic hydroxyl groups is 1. The quantitative estimate of drug-likeness (QED) is 0.690. The fourth-order valence-electron chi connectivity index (χ4n) is 4.61. The SMILES string of the molecule is CC1=C2COC(C)(COc3ccc(CC4SC(=O)NC4=O)cc3)CCC2=C(C)C(O)C1C. The lowest BCUT2D eigenvalue weighted by atomic mass is 9.77. The van der Waals surface area contributed by atoms with E-state index in [9.17, 15) is 14.7 Å². The number of hydrogen-bond acceptors (Lipinski definition) is 6. The predicted octanol–water partition coefficient (Wildman–Crippen LogP) is 4.17. The second-order valence-corrected chi connectivity index (χ2v) is 10.5. The number of thioether (sulfide) groups is 1. The van der Waals surface area contributed by atoms with Crippen molar-refractivity contribution in [2.24, 2.45) is 5.92 Å². The Bertz CT molecular complexity index is 947. The Balaban J connectivity index is 1.38. The number of aliphatic hydroxyl groups excluding tert-OH is 1. The molecular formula is C25H31NO5S. The minimum absolute atomic E-state index is 0.114. The molecule has 4 atom stereocenters. The highest BCUT2D eigenvalue weighted by Crippen LogP contribution is 2.41. The van der Waals surface area contributed by atoms with Crippen molar-refractivity contribution in [3.05, 3.63) is 52.1 Å². The molecule has 0 radical (unpaired) electrons. The van der Waals surface area contributed by atoms with Crippen LogP contribution < -0.4 is 10.1 Å². The number of hydrogen-bond donors (Lipinski definition) is 2. The van der Waals surface area contributed by atoms with Gasteiger partial charge in [0.05, 0.1) is 18.0 Å². The molecule has 1 aromatic carbocycles. The van der Waals surface area contributed by atoms with Gasteiger partial charge in [-0.15, -0.1) is 0 Å². The van der Waals surface area contributed by atoms with E-state index in [4.69, 9.17) is 9.47 Å². The highest BCUT2D eigenvalue weighted by atomic mass is 32.2. The number of ether oxygens (including phenoxy) is 2. The van der Waals surface area contributed by atoms with Gasteiger partial charge in [0, 0.05) is 5.92 Å². The molecule has 0 bridgehead atoms. The summed E-state index contributed by atoms with van der Waals surface area (Å²) in [6.07, 6.45) is 1.77. The predicted molar refractivity (Wildman–Crippen MR) is 125 cm³/mol. The molecule has 7 heteroatoms. The van der Waals surface area contributed by atoms with Crippen molar-refractivity contribution in [2.45, 2.75) is 63.9 Å². The Hall–Kier alpha value is -2.09. The average molecular weight is 458 g/mol. The zero-order valence-electron chi connectivity index (χ0n) is 19.1. The fourth-order valence-corrected chi connectivity index (χ4v) is 5.47. The summed E-state index contributed by atoms with van der Waals surface area (Å²) in [6.45, 7) is 9.25. The van der Waals surface area contributed by atoms with Crippen LogP contribution in [0.3, 0.4) is 0 Å². The van der Waals surface area contributed by atoms with E-state index < -0.39 is 11.7 Å². The van der Waals surface area contributed by atoms with Crippen LogP contribution in [0.1, 0.15) is 46.1 Å². The van der Waals surface area contributed by atoms with E-state index in [0.29, 0.717) is 19.6 Å². The lowest BCUT2D eigenvalue weighted by Gasteiger charge is -2.31. The topological polar surface area (TPSA) is 84.9 Å². The number of benzene rings is 1. The maximum absolute atomic E-state index is 11.8. The van der Waals surface area contributed by atoms with Crippen LogP contribution in [0.5, 0.6) is 5.75 Å². The molecule has 2 saturated heterocycles. The van der Waals surface area contributed by atoms with Crippen molar-refractivity contribution >= 4 is 22.9 Å². The largest absolute Gasteiger partial charge is 0.491 e. The van der Waals surface area contributed by atoms with E-state index in [2.05, 4.69) is 26.1 Å². The Morgan fingerprint density at radius 2 is 1.91 bits per heavy atom. The summed E-state index contributed by atoms with van der Waals surface area (Å²) in [5, 5.41) is 12.2. The normalized spacial score (nSPS) is 30.8. The van der Waals surface area contributed by atoms with Crippen LogP contribution in [0.2, 0.25) is 0 Å². The molecule has 1 aliphatic carbocycles. The highest BCUT2D eigenvalue weighted by molar-refractivity contribution is 8.15. The second-order valence-electron chi connectivity index (χ2n) is 9.32. The van der Waals surface area contributed by atoms with Gasteiger partial charge < -0.3 is 14.6 Å². The number of imide groups is 1. The third kappa shape index (κ3) is 4.65. The third-order valence-electron chi connectivity index (χ3n) is 7.04. The van der Waals surface area contributed by atoms with Crippen molar-refractivity contribution in [1.82, 2.24) is 5.32 Å². The number of carbonyl (C=O) groups is 2. The number of carbonyl (C=O) groups excluding carboxylic acids is 2. The highest BCUT2D eigenvalue weighted by Gasteiger charge is 2.36. The smallest absolute Gasteiger partial charge is 0.286 e. The van der Waals surface area contributed by atoms with Crippen LogP contribution in [-0.2, 0) is 16.0 Å². The summed E-state index contributed by atoms with van der Waals surface area (Å²) < 4.78 is 12.4. The van der Waals surface area contributed by atoms with Gasteiger partial charge in [0.1, 0.15) is 18.0 Å². The molecule has 4 unspecified atom stereocenters. The van der Waals surface area contributed by atoms with Crippen molar-refractivity contribution in [2.75, 3.05) is 13.2 Å². The van der Waals surface area contributed by atoms with E-state index in [1.807, 2.05) is 31.2 Å². The Kier molecular flexibility index (Phi) is 6.52. The van der Waals surface area contributed by atoms with Gasteiger partial charge in [0.2, 0.25) is 5.91 Å². The molecule has 2 fully saturated rings. The molecule has 0 saturated carbocycles. The first-order chi connectivity index (χ1) is 15.2. The van der Waals surface area contributed by atoms with Crippen molar-refractivity contribution in [3.8, 4) is 5.75 Å². The van der Waals surface area contributed by atoms with Crippen LogP contribution in [0.4, 0.5) is 4.79 Å². The Morgan fingerprint density at radius 1 is 1.19 bits per heavy atom.